The second-order valence-electron chi connectivity index (χ2n) is 5.23. The molecular weight excluding hydrogens is 439 g/mol. The molecule has 2 N–H and O–H groups in total. The van der Waals surface area contributed by atoms with Crippen LogP contribution in [0.2, 0.25) is 0 Å². The maximum absolute atomic E-state index is 6.10. The molecule has 2 aromatic rings. The van der Waals surface area contributed by atoms with Crippen molar-refractivity contribution in [2.45, 2.75) is 13.3 Å². The number of nitrogens with zero attached hydrogens (tertiary/aromatic N) is 7. The van der Waals surface area contributed by atoms with Gasteiger partial charge >= 0.3 is 0 Å². The van der Waals surface area contributed by atoms with Crippen LogP contribution in [0.15, 0.2) is 23.5 Å². The quantitative estimate of drug-likeness (QED) is 0.412. The van der Waals surface area contributed by atoms with Crippen LogP contribution in [0, 0.1) is 6.92 Å². The number of guanidine groups is 1. The lowest BCUT2D eigenvalue weighted by molar-refractivity contribution is 0.378. The van der Waals surface area contributed by atoms with E-state index in [0.29, 0.717) is 12.5 Å². The van der Waals surface area contributed by atoms with Crippen LogP contribution in [0.1, 0.15) is 10.0 Å². The number of nitrogens with two attached hydrogens (primary N) is 1. The highest BCUT2D eigenvalue weighted by molar-refractivity contribution is 14.0. The zero-order valence-electron chi connectivity index (χ0n) is 13.5. The fourth-order valence-electron chi connectivity index (χ4n) is 2.39. The van der Waals surface area contributed by atoms with Crippen LogP contribution < -0.4 is 10.6 Å². The molecule has 0 amide bonds. The summed E-state index contributed by atoms with van der Waals surface area (Å²) in [5.74, 6) is 1.37. The topological polar surface area (TPSA) is 96.4 Å². The highest BCUT2D eigenvalue weighted by Crippen LogP contribution is 2.10. The van der Waals surface area contributed by atoms with Crippen molar-refractivity contribution < 1.29 is 0 Å². The zero-order valence-corrected chi connectivity index (χ0v) is 16.6. The molecule has 130 valence electrons. The van der Waals surface area contributed by atoms with Crippen LogP contribution in [0.5, 0.6) is 0 Å². The Bertz CT molecular complexity index is 654. The van der Waals surface area contributed by atoms with Gasteiger partial charge in [-0.15, -0.1) is 45.5 Å². The van der Waals surface area contributed by atoms with Crippen molar-refractivity contribution in [3.8, 4) is 0 Å². The first-order valence-corrected chi connectivity index (χ1v) is 8.40. The minimum atomic E-state index is 0. The molecular formula is C14H21IN8S. The molecule has 1 aliphatic heterocycles. The summed E-state index contributed by atoms with van der Waals surface area (Å²) in [6.07, 6.45) is 4.31. The molecule has 0 saturated carbocycles. The van der Waals surface area contributed by atoms with Gasteiger partial charge in [-0.05, 0) is 13.0 Å². The van der Waals surface area contributed by atoms with Gasteiger partial charge in [-0.1, -0.05) is 0 Å². The fourth-order valence-corrected chi connectivity index (χ4v) is 3.09. The van der Waals surface area contributed by atoms with Crippen LogP contribution in [-0.4, -0.2) is 63.7 Å². The molecule has 1 fully saturated rings. The number of aliphatic imine (C=N–C) groups is 1. The summed E-state index contributed by atoms with van der Waals surface area (Å²) in [6, 6.07) is 1.82. The maximum atomic E-state index is 6.10. The Labute approximate surface area is 162 Å². The molecule has 1 saturated heterocycles. The second kappa shape index (κ2) is 9.06. The molecule has 0 atom stereocenters. The van der Waals surface area contributed by atoms with Crippen molar-refractivity contribution in [3.05, 3.63) is 28.5 Å². The third kappa shape index (κ3) is 4.97. The maximum Gasteiger partial charge on any atom is 0.225 e. The minimum absolute atomic E-state index is 0. The van der Waals surface area contributed by atoms with Crippen molar-refractivity contribution >= 4 is 47.2 Å². The lowest BCUT2D eigenvalue weighted by Gasteiger charge is -2.35. The van der Waals surface area contributed by atoms with Gasteiger partial charge < -0.3 is 15.5 Å². The van der Waals surface area contributed by atoms with E-state index in [2.05, 4.69) is 35.0 Å². The fraction of sp³-hybridized carbons (Fsp3) is 0.500. The Morgan fingerprint density at radius 2 is 1.92 bits per heavy atom. The van der Waals surface area contributed by atoms with Gasteiger partial charge in [-0.25, -0.2) is 9.97 Å². The van der Waals surface area contributed by atoms with E-state index >= 15 is 0 Å². The SMILES string of the molecule is Cc1nnc(CCN=C(N)N2CCN(c3ncccn3)CC2)s1.I. The number of piperazine rings is 1. The Morgan fingerprint density at radius 1 is 1.21 bits per heavy atom. The van der Waals surface area contributed by atoms with Gasteiger partial charge in [0.25, 0.3) is 0 Å². The van der Waals surface area contributed by atoms with E-state index in [-0.39, 0.29) is 24.0 Å². The van der Waals surface area contributed by atoms with Gasteiger partial charge in [0, 0.05) is 51.5 Å². The predicted molar refractivity (Wildman–Crippen MR) is 106 cm³/mol. The monoisotopic (exact) mass is 460 g/mol. The highest BCUT2D eigenvalue weighted by atomic mass is 127. The Kier molecular flexibility index (Phi) is 7.09. The Morgan fingerprint density at radius 3 is 2.54 bits per heavy atom. The van der Waals surface area contributed by atoms with Gasteiger partial charge in [0.1, 0.15) is 10.0 Å². The summed E-state index contributed by atoms with van der Waals surface area (Å²) < 4.78 is 0. The average Bonchev–Trinajstić information content (AvgIpc) is 3.01. The van der Waals surface area contributed by atoms with Crippen molar-refractivity contribution in [1.82, 2.24) is 25.1 Å². The Hall–Kier alpha value is -1.56. The molecule has 0 aliphatic carbocycles. The van der Waals surface area contributed by atoms with Gasteiger partial charge in [-0.3, -0.25) is 4.99 Å². The number of aromatic nitrogens is 4. The van der Waals surface area contributed by atoms with E-state index in [9.17, 15) is 0 Å². The van der Waals surface area contributed by atoms with E-state index in [1.165, 1.54) is 0 Å². The van der Waals surface area contributed by atoms with Crippen molar-refractivity contribution in [1.29, 1.82) is 0 Å². The number of rotatable bonds is 4. The zero-order chi connectivity index (χ0) is 16.1. The smallest absolute Gasteiger partial charge is 0.225 e. The molecule has 0 aromatic carbocycles. The molecule has 0 radical (unpaired) electrons. The molecule has 0 bridgehead atoms. The summed E-state index contributed by atoms with van der Waals surface area (Å²) in [4.78, 5) is 17.3. The number of hydrogen-bond donors (Lipinski definition) is 1. The van der Waals surface area contributed by atoms with E-state index in [0.717, 1.165) is 48.6 Å². The number of hydrogen-bond acceptors (Lipinski definition) is 7. The van der Waals surface area contributed by atoms with E-state index in [4.69, 9.17) is 5.73 Å². The molecule has 3 rings (SSSR count). The first kappa shape index (κ1) is 18.8. The standard InChI is InChI=1S/C14H20N8S.HI/c1-11-19-20-12(23-11)3-6-16-13(15)21-7-9-22(10-8-21)14-17-4-2-5-18-14;/h2,4-5H,3,6-10H2,1H3,(H2,15,16);1H. The summed E-state index contributed by atoms with van der Waals surface area (Å²) in [6.45, 7) is 5.93. The number of halogens is 1. The lowest BCUT2D eigenvalue weighted by Crippen LogP contribution is -2.51. The van der Waals surface area contributed by atoms with E-state index in [1.807, 2.05) is 13.0 Å². The summed E-state index contributed by atoms with van der Waals surface area (Å²) in [5, 5.41) is 10.1. The molecule has 0 spiro atoms. The minimum Gasteiger partial charge on any atom is -0.370 e. The summed E-state index contributed by atoms with van der Waals surface area (Å²) in [5.41, 5.74) is 6.10. The van der Waals surface area contributed by atoms with Crippen molar-refractivity contribution in [2.75, 3.05) is 37.6 Å². The first-order chi connectivity index (χ1) is 11.2. The van der Waals surface area contributed by atoms with Crippen LogP contribution in [0.25, 0.3) is 0 Å². The lowest BCUT2D eigenvalue weighted by atomic mass is 10.3. The van der Waals surface area contributed by atoms with Crippen LogP contribution in [0.4, 0.5) is 5.95 Å². The second-order valence-corrected chi connectivity index (χ2v) is 6.49. The van der Waals surface area contributed by atoms with Crippen LogP contribution in [-0.2, 0) is 6.42 Å². The van der Waals surface area contributed by atoms with E-state index in [1.54, 1.807) is 23.7 Å². The largest absolute Gasteiger partial charge is 0.370 e. The van der Waals surface area contributed by atoms with Crippen LogP contribution in [0.3, 0.4) is 0 Å². The molecule has 24 heavy (non-hydrogen) atoms. The molecule has 0 unspecified atom stereocenters. The summed E-state index contributed by atoms with van der Waals surface area (Å²) in [7, 11) is 0. The summed E-state index contributed by atoms with van der Waals surface area (Å²) >= 11 is 1.61. The molecule has 8 nitrogen and oxygen atoms in total. The molecule has 2 aromatic heterocycles. The Balaban J connectivity index is 0.00000208. The van der Waals surface area contributed by atoms with Gasteiger partial charge in [-0.2, -0.15) is 0 Å². The average molecular weight is 460 g/mol. The molecule has 10 heteroatoms. The van der Waals surface area contributed by atoms with Crippen molar-refractivity contribution in [2.24, 2.45) is 10.7 Å². The molecule has 1 aliphatic rings. The van der Waals surface area contributed by atoms with E-state index < -0.39 is 0 Å². The van der Waals surface area contributed by atoms with Crippen molar-refractivity contribution in [3.63, 3.8) is 0 Å². The first-order valence-electron chi connectivity index (χ1n) is 7.58. The molecule has 3 heterocycles. The highest BCUT2D eigenvalue weighted by Gasteiger charge is 2.19. The predicted octanol–water partition coefficient (Wildman–Crippen LogP) is 0.934. The number of anilines is 1. The third-order valence-electron chi connectivity index (χ3n) is 3.61. The van der Waals surface area contributed by atoms with Gasteiger partial charge in [0.05, 0.1) is 0 Å². The van der Waals surface area contributed by atoms with Gasteiger partial charge in [0.15, 0.2) is 5.96 Å². The van der Waals surface area contributed by atoms with Crippen LogP contribution >= 0.6 is 35.3 Å². The van der Waals surface area contributed by atoms with Gasteiger partial charge in [0.2, 0.25) is 5.95 Å². The normalized spacial score (nSPS) is 15.3. The number of aryl methyl sites for hydroxylation is 1. The third-order valence-corrected chi connectivity index (χ3v) is 4.50.